The van der Waals surface area contributed by atoms with Crippen molar-refractivity contribution >= 4 is 27.4 Å². The molecule has 0 amide bonds. The molecular formula is C16H19N5OS. The van der Waals surface area contributed by atoms with Gasteiger partial charge in [0.25, 0.3) is 0 Å². The first-order chi connectivity index (χ1) is 11.2. The third-order valence-corrected chi connectivity index (χ3v) is 5.25. The molecule has 23 heavy (non-hydrogen) atoms. The van der Waals surface area contributed by atoms with Gasteiger partial charge in [0.05, 0.1) is 11.1 Å². The molecule has 0 unspecified atom stereocenters. The van der Waals surface area contributed by atoms with Crippen LogP contribution in [-0.2, 0) is 6.54 Å². The third kappa shape index (κ3) is 2.82. The normalized spacial score (nSPS) is 16.3. The fourth-order valence-electron chi connectivity index (χ4n) is 3.06. The van der Waals surface area contributed by atoms with Crippen LogP contribution >= 0.6 is 11.3 Å². The van der Waals surface area contributed by atoms with E-state index in [1.807, 2.05) is 13.0 Å². The predicted molar refractivity (Wildman–Crippen MR) is 90.9 cm³/mol. The van der Waals surface area contributed by atoms with E-state index in [0.29, 0.717) is 0 Å². The second-order valence-corrected chi connectivity index (χ2v) is 6.81. The van der Waals surface area contributed by atoms with Gasteiger partial charge in [-0.3, -0.25) is 4.90 Å². The molecule has 3 aromatic rings. The van der Waals surface area contributed by atoms with Crippen LogP contribution in [-0.4, -0.2) is 46.2 Å². The number of anilines is 1. The van der Waals surface area contributed by atoms with Crippen LogP contribution in [0.3, 0.4) is 0 Å². The average molecular weight is 329 g/mol. The van der Waals surface area contributed by atoms with Gasteiger partial charge in [-0.1, -0.05) is 5.16 Å². The van der Waals surface area contributed by atoms with Crippen LogP contribution in [0.15, 0.2) is 22.2 Å². The van der Waals surface area contributed by atoms with Crippen molar-refractivity contribution < 1.29 is 4.52 Å². The van der Waals surface area contributed by atoms with Gasteiger partial charge in [0, 0.05) is 38.8 Å². The number of hydrogen-bond donors (Lipinski definition) is 0. The smallest absolute Gasteiger partial charge is 0.141 e. The lowest BCUT2D eigenvalue weighted by atomic mass is 10.2. The maximum Gasteiger partial charge on any atom is 0.141 e. The maximum atomic E-state index is 4.91. The van der Waals surface area contributed by atoms with Gasteiger partial charge in [0.2, 0.25) is 0 Å². The van der Waals surface area contributed by atoms with Crippen LogP contribution in [0.25, 0.3) is 10.2 Å². The SMILES string of the molecule is Cc1nc(N2CCN(Cc3ccon3)CC2)c2c(C)csc2n1. The molecule has 0 aliphatic carbocycles. The van der Waals surface area contributed by atoms with Gasteiger partial charge in [-0.15, -0.1) is 11.3 Å². The lowest BCUT2D eigenvalue weighted by Gasteiger charge is -2.35. The van der Waals surface area contributed by atoms with E-state index in [1.165, 1.54) is 10.9 Å². The Balaban J connectivity index is 1.53. The number of rotatable bonds is 3. The van der Waals surface area contributed by atoms with Crippen molar-refractivity contribution in [3.8, 4) is 0 Å². The fourth-order valence-corrected chi connectivity index (χ4v) is 4.02. The average Bonchev–Trinajstić information content (AvgIpc) is 3.18. The van der Waals surface area contributed by atoms with Crippen molar-refractivity contribution in [1.29, 1.82) is 0 Å². The summed E-state index contributed by atoms with van der Waals surface area (Å²) in [5.74, 6) is 1.94. The molecular weight excluding hydrogens is 310 g/mol. The molecule has 3 aromatic heterocycles. The quantitative estimate of drug-likeness (QED) is 0.736. The van der Waals surface area contributed by atoms with Crippen molar-refractivity contribution in [2.75, 3.05) is 31.1 Å². The zero-order valence-electron chi connectivity index (χ0n) is 13.3. The molecule has 0 spiro atoms. The van der Waals surface area contributed by atoms with Crippen LogP contribution < -0.4 is 4.90 Å². The van der Waals surface area contributed by atoms with E-state index in [9.17, 15) is 0 Å². The van der Waals surface area contributed by atoms with E-state index < -0.39 is 0 Å². The number of aryl methyl sites for hydroxylation is 2. The van der Waals surface area contributed by atoms with Gasteiger partial charge in [-0.05, 0) is 24.8 Å². The second-order valence-electron chi connectivity index (χ2n) is 5.95. The summed E-state index contributed by atoms with van der Waals surface area (Å²) in [6.45, 7) is 8.90. The molecule has 0 radical (unpaired) electrons. The maximum absolute atomic E-state index is 4.91. The van der Waals surface area contributed by atoms with Gasteiger partial charge in [0.15, 0.2) is 0 Å². The number of thiophene rings is 1. The summed E-state index contributed by atoms with van der Waals surface area (Å²) >= 11 is 1.70. The molecule has 6 nitrogen and oxygen atoms in total. The molecule has 7 heteroatoms. The van der Waals surface area contributed by atoms with Crippen LogP contribution in [0.2, 0.25) is 0 Å². The lowest BCUT2D eigenvalue weighted by molar-refractivity contribution is 0.242. The van der Waals surface area contributed by atoms with Gasteiger partial charge in [-0.2, -0.15) is 0 Å². The fraction of sp³-hybridized carbons (Fsp3) is 0.438. The highest BCUT2D eigenvalue weighted by atomic mass is 32.1. The molecule has 0 atom stereocenters. The second kappa shape index (κ2) is 5.90. The number of aromatic nitrogens is 3. The Kier molecular flexibility index (Phi) is 3.74. The Hall–Kier alpha value is -1.99. The molecule has 0 saturated carbocycles. The minimum atomic E-state index is 0.847. The molecule has 0 N–H and O–H groups in total. The summed E-state index contributed by atoms with van der Waals surface area (Å²) in [7, 11) is 0. The van der Waals surface area contributed by atoms with E-state index in [1.54, 1.807) is 17.6 Å². The Labute approximate surface area is 138 Å². The van der Waals surface area contributed by atoms with E-state index >= 15 is 0 Å². The molecule has 1 aliphatic rings. The van der Waals surface area contributed by atoms with E-state index in [2.05, 4.69) is 32.2 Å². The molecule has 1 fully saturated rings. The predicted octanol–water partition coefficient (Wildman–Crippen LogP) is 2.62. The number of nitrogens with zero attached hydrogens (tertiary/aromatic N) is 5. The molecule has 1 aliphatic heterocycles. The standard InChI is InChI=1S/C16H19N5OS/c1-11-10-23-16-14(11)15(17-12(2)18-16)21-6-4-20(5-7-21)9-13-3-8-22-19-13/h3,8,10H,4-7,9H2,1-2H3. The van der Waals surface area contributed by atoms with Gasteiger partial charge < -0.3 is 9.42 Å². The highest BCUT2D eigenvalue weighted by molar-refractivity contribution is 7.17. The molecule has 0 aromatic carbocycles. The summed E-state index contributed by atoms with van der Waals surface area (Å²) < 4.78 is 4.91. The summed E-state index contributed by atoms with van der Waals surface area (Å²) in [5, 5.41) is 7.38. The Morgan fingerprint density at radius 1 is 1.17 bits per heavy atom. The molecule has 1 saturated heterocycles. The van der Waals surface area contributed by atoms with Crippen LogP contribution in [0.1, 0.15) is 17.1 Å². The Morgan fingerprint density at radius 3 is 2.74 bits per heavy atom. The highest BCUT2D eigenvalue weighted by Crippen LogP contribution is 2.32. The zero-order valence-corrected chi connectivity index (χ0v) is 14.1. The third-order valence-electron chi connectivity index (χ3n) is 4.26. The zero-order chi connectivity index (χ0) is 15.8. The first-order valence-electron chi connectivity index (χ1n) is 7.80. The van der Waals surface area contributed by atoms with E-state index in [4.69, 9.17) is 9.51 Å². The van der Waals surface area contributed by atoms with E-state index in [0.717, 1.165) is 54.9 Å². The molecule has 0 bridgehead atoms. The van der Waals surface area contributed by atoms with Gasteiger partial charge in [-0.25, -0.2) is 9.97 Å². The first kappa shape index (κ1) is 14.6. The minimum Gasteiger partial charge on any atom is -0.364 e. The topological polar surface area (TPSA) is 58.3 Å². The van der Waals surface area contributed by atoms with Crippen molar-refractivity contribution in [2.24, 2.45) is 0 Å². The Morgan fingerprint density at radius 2 is 2.00 bits per heavy atom. The number of hydrogen-bond acceptors (Lipinski definition) is 7. The molecule has 120 valence electrons. The van der Waals surface area contributed by atoms with Crippen molar-refractivity contribution in [3.05, 3.63) is 34.8 Å². The van der Waals surface area contributed by atoms with Crippen LogP contribution in [0.5, 0.6) is 0 Å². The van der Waals surface area contributed by atoms with Crippen molar-refractivity contribution in [1.82, 2.24) is 20.0 Å². The lowest BCUT2D eigenvalue weighted by Crippen LogP contribution is -2.46. The van der Waals surface area contributed by atoms with Crippen LogP contribution in [0, 0.1) is 13.8 Å². The van der Waals surface area contributed by atoms with Crippen molar-refractivity contribution in [3.63, 3.8) is 0 Å². The summed E-state index contributed by atoms with van der Waals surface area (Å²) in [5.41, 5.74) is 2.26. The minimum absolute atomic E-state index is 0.847. The van der Waals surface area contributed by atoms with E-state index in [-0.39, 0.29) is 0 Å². The number of fused-ring (bicyclic) bond motifs is 1. The Bertz CT molecular complexity index is 805. The first-order valence-corrected chi connectivity index (χ1v) is 8.67. The van der Waals surface area contributed by atoms with Gasteiger partial charge >= 0.3 is 0 Å². The van der Waals surface area contributed by atoms with Gasteiger partial charge in [0.1, 0.15) is 22.7 Å². The summed E-state index contributed by atoms with van der Waals surface area (Å²) in [4.78, 5) is 15.2. The summed E-state index contributed by atoms with van der Waals surface area (Å²) in [6, 6.07) is 1.93. The number of piperazine rings is 1. The van der Waals surface area contributed by atoms with Crippen molar-refractivity contribution in [2.45, 2.75) is 20.4 Å². The monoisotopic (exact) mass is 329 g/mol. The largest absolute Gasteiger partial charge is 0.364 e. The molecule has 4 rings (SSSR count). The van der Waals surface area contributed by atoms with Crippen LogP contribution in [0.4, 0.5) is 5.82 Å². The molecule has 4 heterocycles. The summed E-state index contributed by atoms with van der Waals surface area (Å²) in [6.07, 6.45) is 1.63. The highest BCUT2D eigenvalue weighted by Gasteiger charge is 2.22.